The van der Waals surface area contributed by atoms with E-state index in [0.29, 0.717) is 5.92 Å². The number of hydrogen-bond acceptors (Lipinski definition) is 0. The molecule has 0 heterocycles. The van der Waals surface area contributed by atoms with E-state index in [1.807, 2.05) is 0 Å². The molecule has 0 aliphatic heterocycles. The first kappa shape index (κ1) is 19.3. The molecular weight excluding hydrogens is 288 g/mol. The van der Waals surface area contributed by atoms with Crippen LogP contribution in [0.25, 0.3) is 0 Å². The van der Waals surface area contributed by atoms with Crippen LogP contribution < -0.4 is 0 Å². The Morgan fingerprint density at radius 2 is 1.96 bits per heavy atom. The summed E-state index contributed by atoms with van der Waals surface area (Å²) in [5, 5.41) is 0. The van der Waals surface area contributed by atoms with Crippen molar-refractivity contribution in [1.82, 2.24) is 0 Å². The molecule has 2 rings (SSSR count). The second-order valence-corrected chi connectivity index (χ2v) is 7.91. The summed E-state index contributed by atoms with van der Waals surface area (Å²) in [5.74, 6) is 1.33. The Morgan fingerprint density at radius 1 is 1.17 bits per heavy atom. The highest BCUT2D eigenvalue weighted by Crippen LogP contribution is 2.38. The molecular formula is C24H38. The van der Waals surface area contributed by atoms with E-state index < -0.39 is 0 Å². The van der Waals surface area contributed by atoms with Crippen LogP contribution in [0, 0.1) is 11.8 Å². The molecule has 1 unspecified atom stereocenters. The van der Waals surface area contributed by atoms with E-state index in [2.05, 4.69) is 38.3 Å². The first-order valence-electron chi connectivity index (χ1n) is 10.4. The lowest BCUT2D eigenvalue weighted by Crippen LogP contribution is -2.17. The quantitative estimate of drug-likeness (QED) is 0.282. The van der Waals surface area contributed by atoms with Crippen molar-refractivity contribution in [3.8, 4) is 0 Å². The fourth-order valence-corrected chi connectivity index (χ4v) is 4.36. The minimum Gasteiger partial charge on any atom is -0.0992 e. The highest BCUT2D eigenvalue weighted by Gasteiger charge is 2.24. The van der Waals surface area contributed by atoms with Gasteiger partial charge in [-0.3, -0.25) is 0 Å². The van der Waals surface area contributed by atoms with Crippen molar-refractivity contribution in [2.45, 2.75) is 90.4 Å². The molecule has 0 nitrogen and oxygen atoms in total. The van der Waals surface area contributed by atoms with Gasteiger partial charge < -0.3 is 0 Å². The Hall–Kier alpha value is -1.04. The molecule has 0 bridgehead atoms. The van der Waals surface area contributed by atoms with E-state index in [4.69, 9.17) is 0 Å². The van der Waals surface area contributed by atoms with Gasteiger partial charge in [0.15, 0.2) is 0 Å². The molecule has 0 aromatic carbocycles. The molecule has 0 radical (unpaired) electrons. The van der Waals surface area contributed by atoms with Crippen LogP contribution in [0.5, 0.6) is 0 Å². The number of allylic oxidation sites excluding steroid dienone is 6. The number of rotatable bonds is 10. The largest absolute Gasteiger partial charge is 0.0992 e. The Kier molecular flexibility index (Phi) is 8.64. The first-order chi connectivity index (χ1) is 11.7. The summed E-state index contributed by atoms with van der Waals surface area (Å²) in [6.45, 7) is 11.4. The van der Waals surface area contributed by atoms with Gasteiger partial charge in [-0.05, 0) is 50.9 Å². The molecule has 1 atom stereocenters. The highest BCUT2D eigenvalue weighted by atomic mass is 14.3. The van der Waals surface area contributed by atoms with Gasteiger partial charge in [-0.15, -0.1) is 0 Å². The third-order valence-electron chi connectivity index (χ3n) is 6.03. The first-order valence-corrected chi connectivity index (χ1v) is 10.4. The summed E-state index contributed by atoms with van der Waals surface area (Å²) in [7, 11) is 0. The summed E-state index contributed by atoms with van der Waals surface area (Å²) < 4.78 is 0. The lowest BCUT2D eigenvalue weighted by Gasteiger charge is -2.31. The zero-order valence-electron chi connectivity index (χ0n) is 16.0. The molecule has 0 aromatic heterocycles. The molecule has 1 fully saturated rings. The van der Waals surface area contributed by atoms with Gasteiger partial charge >= 0.3 is 0 Å². The van der Waals surface area contributed by atoms with Crippen LogP contribution in [-0.2, 0) is 0 Å². The summed E-state index contributed by atoms with van der Waals surface area (Å²) in [6, 6.07) is 0. The van der Waals surface area contributed by atoms with Crippen molar-refractivity contribution >= 4 is 0 Å². The SMILES string of the molecule is C=C(CCC1=CC=CCC1)C(CCCCC)C(=C)C1CCCCC1. The highest BCUT2D eigenvalue weighted by molar-refractivity contribution is 5.23. The molecule has 0 spiro atoms. The van der Waals surface area contributed by atoms with Gasteiger partial charge in [0.05, 0.1) is 0 Å². The molecule has 0 aromatic rings. The lowest BCUT2D eigenvalue weighted by atomic mass is 9.74. The Labute approximate surface area is 150 Å². The maximum atomic E-state index is 4.59. The average molecular weight is 327 g/mol. The molecule has 2 aliphatic carbocycles. The van der Waals surface area contributed by atoms with Gasteiger partial charge in [-0.1, -0.05) is 93.6 Å². The predicted octanol–water partition coefficient (Wildman–Crippen LogP) is 7.93. The van der Waals surface area contributed by atoms with Crippen LogP contribution in [0.4, 0.5) is 0 Å². The van der Waals surface area contributed by atoms with Crippen molar-refractivity contribution in [1.29, 1.82) is 0 Å². The van der Waals surface area contributed by atoms with Crippen LogP contribution in [0.15, 0.2) is 48.1 Å². The molecule has 24 heavy (non-hydrogen) atoms. The molecule has 0 saturated heterocycles. The van der Waals surface area contributed by atoms with Crippen molar-refractivity contribution in [3.05, 3.63) is 48.1 Å². The van der Waals surface area contributed by atoms with E-state index in [9.17, 15) is 0 Å². The monoisotopic (exact) mass is 326 g/mol. The van der Waals surface area contributed by atoms with Crippen molar-refractivity contribution in [3.63, 3.8) is 0 Å². The Balaban J connectivity index is 1.92. The topological polar surface area (TPSA) is 0 Å². The summed E-state index contributed by atoms with van der Waals surface area (Å²) in [6.07, 6.45) is 23.8. The van der Waals surface area contributed by atoms with Gasteiger partial charge in [0.1, 0.15) is 0 Å². The summed E-state index contributed by atoms with van der Waals surface area (Å²) >= 11 is 0. The predicted molar refractivity (Wildman–Crippen MR) is 108 cm³/mol. The Bertz CT molecular complexity index is 456. The fraction of sp³-hybridized carbons (Fsp3) is 0.667. The molecule has 1 saturated carbocycles. The molecule has 2 aliphatic rings. The van der Waals surface area contributed by atoms with E-state index in [-0.39, 0.29) is 0 Å². The third kappa shape index (κ3) is 6.11. The van der Waals surface area contributed by atoms with Crippen LogP contribution in [-0.4, -0.2) is 0 Å². The van der Waals surface area contributed by atoms with E-state index >= 15 is 0 Å². The van der Waals surface area contributed by atoms with Crippen molar-refractivity contribution < 1.29 is 0 Å². The molecule has 134 valence electrons. The van der Waals surface area contributed by atoms with Crippen LogP contribution in [0.2, 0.25) is 0 Å². The smallest absolute Gasteiger partial charge is 0.000443 e. The Morgan fingerprint density at radius 3 is 2.62 bits per heavy atom. The maximum Gasteiger partial charge on any atom is 0.000443 e. The van der Waals surface area contributed by atoms with Crippen molar-refractivity contribution in [2.75, 3.05) is 0 Å². The molecule has 0 heteroatoms. The normalized spacial score (nSPS) is 19.8. The molecule has 0 N–H and O–H groups in total. The number of hydrogen-bond donors (Lipinski definition) is 0. The van der Waals surface area contributed by atoms with E-state index in [1.165, 1.54) is 88.2 Å². The lowest BCUT2D eigenvalue weighted by molar-refractivity contribution is 0.372. The maximum absolute atomic E-state index is 4.59. The van der Waals surface area contributed by atoms with Gasteiger partial charge in [0.2, 0.25) is 0 Å². The van der Waals surface area contributed by atoms with Crippen LogP contribution in [0.3, 0.4) is 0 Å². The summed E-state index contributed by atoms with van der Waals surface area (Å²) in [5.41, 5.74) is 4.58. The zero-order valence-corrected chi connectivity index (χ0v) is 16.0. The van der Waals surface area contributed by atoms with Crippen LogP contribution in [0.1, 0.15) is 90.4 Å². The van der Waals surface area contributed by atoms with Gasteiger partial charge in [0.25, 0.3) is 0 Å². The summed E-state index contributed by atoms with van der Waals surface area (Å²) in [4.78, 5) is 0. The standard InChI is InChI=1S/C24H38/c1-4-5-8-17-24(21(3)23-15-11-7-12-16-23)20(2)18-19-22-13-9-6-10-14-22/h6,9,13,23-24H,2-5,7-8,10-12,14-19H2,1H3. The average Bonchev–Trinajstić information content (AvgIpc) is 2.64. The second kappa shape index (κ2) is 10.7. The second-order valence-electron chi connectivity index (χ2n) is 7.91. The van der Waals surface area contributed by atoms with Crippen LogP contribution >= 0.6 is 0 Å². The van der Waals surface area contributed by atoms with Gasteiger partial charge in [-0.2, -0.15) is 0 Å². The van der Waals surface area contributed by atoms with E-state index in [1.54, 1.807) is 5.57 Å². The van der Waals surface area contributed by atoms with E-state index in [0.717, 1.165) is 12.3 Å². The van der Waals surface area contributed by atoms with Gasteiger partial charge in [0, 0.05) is 5.92 Å². The number of unbranched alkanes of at least 4 members (excludes halogenated alkanes) is 2. The molecule has 0 amide bonds. The third-order valence-corrected chi connectivity index (χ3v) is 6.03. The van der Waals surface area contributed by atoms with Crippen molar-refractivity contribution in [2.24, 2.45) is 11.8 Å². The van der Waals surface area contributed by atoms with Gasteiger partial charge in [-0.25, -0.2) is 0 Å². The minimum absolute atomic E-state index is 0.569. The zero-order chi connectivity index (χ0) is 17.2. The fourth-order valence-electron chi connectivity index (χ4n) is 4.36. The minimum atomic E-state index is 0.569.